The third-order valence-electron chi connectivity index (χ3n) is 4.75. The molecule has 1 aromatic carbocycles. The molecule has 7 heteroatoms. The molecular formula is C20H21F2NO4. The van der Waals surface area contributed by atoms with Crippen molar-refractivity contribution in [1.82, 2.24) is 4.98 Å². The van der Waals surface area contributed by atoms with Gasteiger partial charge in [0, 0.05) is 30.9 Å². The number of rotatable bonds is 6. The first-order chi connectivity index (χ1) is 13.1. The van der Waals surface area contributed by atoms with Gasteiger partial charge in [-0.05, 0) is 43.5 Å². The van der Waals surface area contributed by atoms with Gasteiger partial charge in [-0.1, -0.05) is 0 Å². The maximum atomic E-state index is 14.5. The Morgan fingerprint density at radius 2 is 2.07 bits per heavy atom. The van der Waals surface area contributed by atoms with Crippen LogP contribution < -0.4 is 4.74 Å². The molecule has 2 aliphatic rings. The summed E-state index contributed by atoms with van der Waals surface area (Å²) in [4.78, 5) is 4.59. The van der Waals surface area contributed by atoms with Crippen LogP contribution in [0.25, 0.3) is 11.1 Å². The molecule has 2 aromatic rings. The average molecular weight is 377 g/mol. The lowest BCUT2D eigenvalue weighted by Gasteiger charge is -2.27. The third kappa shape index (κ3) is 3.67. The minimum absolute atomic E-state index is 0.112. The monoisotopic (exact) mass is 377 g/mol. The smallest absolute Gasteiger partial charge is 0.217 e. The van der Waals surface area contributed by atoms with Gasteiger partial charge in [-0.15, -0.1) is 0 Å². The van der Waals surface area contributed by atoms with Crippen molar-refractivity contribution >= 4 is 0 Å². The van der Waals surface area contributed by atoms with Gasteiger partial charge in [-0.2, -0.15) is 0 Å². The van der Waals surface area contributed by atoms with E-state index in [4.69, 9.17) is 18.9 Å². The molecule has 0 saturated carbocycles. The van der Waals surface area contributed by atoms with Crippen LogP contribution in [0.2, 0.25) is 0 Å². The van der Waals surface area contributed by atoms with Gasteiger partial charge in [-0.3, -0.25) is 0 Å². The Bertz CT molecular complexity index is 845. The van der Waals surface area contributed by atoms with Crippen LogP contribution in [-0.4, -0.2) is 37.7 Å². The number of epoxide rings is 1. The normalized spacial score (nSPS) is 23.6. The molecule has 3 atom stereocenters. The van der Waals surface area contributed by atoms with Gasteiger partial charge < -0.3 is 18.9 Å². The first kappa shape index (κ1) is 18.3. The number of hydrogen-bond donors (Lipinski definition) is 0. The molecule has 1 saturated heterocycles. The van der Waals surface area contributed by atoms with Gasteiger partial charge in [0.1, 0.15) is 17.7 Å². The highest BCUT2D eigenvalue weighted by Crippen LogP contribution is 2.43. The number of methoxy groups -OCH3 is 1. The molecule has 27 heavy (non-hydrogen) atoms. The minimum atomic E-state index is -0.619. The van der Waals surface area contributed by atoms with Crippen molar-refractivity contribution in [3.63, 3.8) is 0 Å². The Hall–Kier alpha value is -2.09. The fourth-order valence-electron chi connectivity index (χ4n) is 3.42. The van der Waals surface area contributed by atoms with Gasteiger partial charge in [0.2, 0.25) is 5.88 Å². The molecular weight excluding hydrogens is 356 g/mol. The van der Waals surface area contributed by atoms with Gasteiger partial charge in [-0.25, -0.2) is 13.8 Å². The van der Waals surface area contributed by atoms with E-state index >= 15 is 0 Å². The predicted octanol–water partition coefficient (Wildman–Crippen LogP) is 3.80. The summed E-state index contributed by atoms with van der Waals surface area (Å²) in [6, 6.07) is 5.37. The molecule has 2 aliphatic heterocycles. The standard InChI is InChI=1S/C20H21F2NO4/c1-3-25-20-18(27-20)17-9-15(13-6-4-11(21)8-16(13)22)14-7-5-12(10-24-2)26-19(14)23-17/h4,6,8-9,12,18,20H,3,5,7,10H2,1-2H3. The van der Waals surface area contributed by atoms with Crippen molar-refractivity contribution in [2.45, 2.75) is 38.3 Å². The van der Waals surface area contributed by atoms with E-state index in [9.17, 15) is 8.78 Å². The number of fused-ring (bicyclic) bond motifs is 1. The van der Waals surface area contributed by atoms with E-state index in [2.05, 4.69) is 4.98 Å². The van der Waals surface area contributed by atoms with E-state index in [1.807, 2.05) is 6.92 Å². The Morgan fingerprint density at radius 1 is 1.22 bits per heavy atom. The quantitative estimate of drug-likeness (QED) is 0.717. The Balaban J connectivity index is 1.76. The summed E-state index contributed by atoms with van der Waals surface area (Å²) < 4.78 is 50.0. The van der Waals surface area contributed by atoms with Crippen LogP contribution in [0, 0.1) is 11.6 Å². The summed E-state index contributed by atoms with van der Waals surface area (Å²) in [6.45, 7) is 2.86. The number of nitrogens with zero attached hydrogens (tertiary/aromatic N) is 1. The highest BCUT2D eigenvalue weighted by molar-refractivity contribution is 5.71. The molecule has 0 spiro atoms. The van der Waals surface area contributed by atoms with Crippen molar-refractivity contribution in [3.8, 4) is 17.0 Å². The van der Waals surface area contributed by atoms with Crippen LogP contribution in [0.1, 0.15) is 30.7 Å². The second-order valence-corrected chi connectivity index (χ2v) is 6.62. The number of hydrogen-bond acceptors (Lipinski definition) is 5. The van der Waals surface area contributed by atoms with E-state index < -0.39 is 11.6 Å². The van der Waals surface area contributed by atoms with Crippen molar-refractivity contribution in [1.29, 1.82) is 0 Å². The lowest BCUT2D eigenvalue weighted by molar-refractivity contribution is 0.0593. The summed E-state index contributed by atoms with van der Waals surface area (Å²) in [6.07, 6.45) is 0.621. The Morgan fingerprint density at radius 3 is 2.81 bits per heavy atom. The van der Waals surface area contributed by atoms with Gasteiger partial charge in [0.15, 0.2) is 12.4 Å². The van der Waals surface area contributed by atoms with Gasteiger partial charge in [0.05, 0.1) is 12.3 Å². The fourth-order valence-corrected chi connectivity index (χ4v) is 3.42. The lowest BCUT2D eigenvalue weighted by Crippen LogP contribution is -2.28. The van der Waals surface area contributed by atoms with Gasteiger partial charge >= 0.3 is 0 Å². The topological polar surface area (TPSA) is 53.1 Å². The molecule has 3 heterocycles. The molecule has 0 radical (unpaired) electrons. The lowest BCUT2D eigenvalue weighted by atomic mass is 9.93. The Kier molecular flexibility index (Phi) is 5.08. The van der Waals surface area contributed by atoms with E-state index in [0.29, 0.717) is 42.3 Å². The van der Waals surface area contributed by atoms with Gasteiger partial charge in [0.25, 0.3) is 0 Å². The summed E-state index contributed by atoms with van der Waals surface area (Å²) in [5, 5.41) is 0. The van der Waals surface area contributed by atoms with Crippen LogP contribution in [0.3, 0.4) is 0 Å². The molecule has 0 bridgehead atoms. The molecule has 3 unspecified atom stereocenters. The van der Waals surface area contributed by atoms with Crippen molar-refractivity contribution in [3.05, 3.63) is 47.2 Å². The van der Waals surface area contributed by atoms with Crippen LogP contribution >= 0.6 is 0 Å². The number of halogens is 2. The summed E-state index contributed by atoms with van der Waals surface area (Å²) in [5.41, 5.74) is 2.39. The maximum Gasteiger partial charge on any atom is 0.217 e. The highest BCUT2D eigenvalue weighted by Gasteiger charge is 2.43. The van der Waals surface area contributed by atoms with Crippen LogP contribution in [-0.2, 0) is 20.6 Å². The van der Waals surface area contributed by atoms with Crippen molar-refractivity contribution in [2.24, 2.45) is 0 Å². The molecule has 0 aliphatic carbocycles. The summed E-state index contributed by atoms with van der Waals surface area (Å²) in [7, 11) is 1.62. The van der Waals surface area contributed by atoms with E-state index in [1.165, 1.54) is 12.1 Å². The molecule has 1 fully saturated rings. The van der Waals surface area contributed by atoms with Crippen molar-refractivity contribution < 1.29 is 27.7 Å². The molecule has 0 amide bonds. The third-order valence-corrected chi connectivity index (χ3v) is 4.75. The second kappa shape index (κ2) is 7.50. The zero-order valence-corrected chi connectivity index (χ0v) is 15.2. The summed E-state index contributed by atoms with van der Waals surface area (Å²) >= 11 is 0. The van der Waals surface area contributed by atoms with E-state index in [1.54, 1.807) is 13.2 Å². The average Bonchev–Trinajstić information content (AvgIpc) is 3.41. The van der Waals surface area contributed by atoms with Crippen molar-refractivity contribution in [2.75, 3.05) is 20.3 Å². The first-order valence-electron chi connectivity index (χ1n) is 9.02. The fraction of sp³-hybridized carbons (Fsp3) is 0.450. The molecule has 4 rings (SSSR count). The predicted molar refractivity (Wildman–Crippen MR) is 93.4 cm³/mol. The zero-order valence-electron chi connectivity index (χ0n) is 15.2. The molecule has 144 valence electrons. The highest BCUT2D eigenvalue weighted by atomic mass is 19.1. The first-order valence-corrected chi connectivity index (χ1v) is 9.02. The largest absolute Gasteiger partial charge is 0.472 e. The van der Waals surface area contributed by atoms with Crippen LogP contribution in [0.5, 0.6) is 5.88 Å². The van der Waals surface area contributed by atoms with E-state index in [-0.39, 0.29) is 18.5 Å². The molecule has 5 nitrogen and oxygen atoms in total. The van der Waals surface area contributed by atoms with Crippen LogP contribution in [0.4, 0.5) is 8.78 Å². The number of benzene rings is 1. The van der Waals surface area contributed by atoms with E-state index in [0.717, 1.165) is 18.1 Å². The molecule has 0 N–H and O–H groups in total. The SMILES string of the molecule is CCOC1OC1c1cc(-c2ccc(F)cc2F)c2c(n1)OC(COC)CC2. The maximum absolute atomic E-state index is 14.5. The van der Waals surface area contributed by atoms with Crippen LogP contribution in [0.15, 0.2) is 24.3 Å². The molecule has 1 aromatic heterocycles. The number of ether oxygens (including phenoxy) is 4. The minimum Gasteiger partial charge on any atom is -0.472 e. The zero-order chi connectivity index (χ0) is 19.0. The second-order valence-electron chi connectivity index (χ2n) is 6.62. The summed E-state index contributed by atoms with van der Waals surface area (Å²) in [5.74, 6) is -0.783. The number of pyridine rings is 1. The number of aromatic nitrogens is 1. The Labute approximate surface area is 156 Å².